The number of nitrogens with two attached hydrogens (primary N) is 1. The Morgan fingerprint density at radius 1 is 1.24 bits per heavy atom. The van der Waals surface area contributed by atoms with Crippen molar-refractivity contribution in [3.8, 4) is 0 Å². The fourth-order valence-corrected chi connectivity index (χ4v) is 2.63. The minimum atomic E-state index is -0.483. The van der Waals surface area contributed by atoms with Crippen LogP contribution in [-0.4, -0.2) is 53.3 Å². The molecule has 0 spiro atoms. The molecular weight excluding hydrogens is 273 g/mol. The Morgan fingerprint density at radius 3 is 2.38 bits per heavy atom. The molecule has 0 radical (unpaired) electrons. The van der Waals surface area contributed by atoms with Crippen LogP contribution < -0.4 is 5.73 Å². The molecule has 2 rings (SSSR count). The van der Waals surface area contributed by atoms with Crippen molar-refractivity contribution in [2.75, 3.05) is 19.6 Å². The minimum Gasteiger partial charge on any atom is -0.368 e. The Balaban J connectivity index is 2.13. The first-order valence-electron chi connectivity index (χ1n) is 7.00. The average molecular weight is 293 g/mol. The lowest BCUT2D eigenvalue weighted by Gasteiger charge is -2.42. The van der Waals surface area contributed by atoms with E-state index >= 15 is 0 Å². The number of halogens is 1. The lowest BCUT2D eigenvalue weighted by atomic mass is 10.1. The molecule has 1 aliphatic heterocycles. The van der Waals surface area contributed by atoms with Crippen molar-refractivity contribution in [3.05, 3.63) is 35.6 Å². The Bertz CT molecular complexity index is 530. The van der Waals surface area contributed by atoms with E-state index in [0.717, 1.165) is 0 Å². The molecule has 6 heteroatoms. The summed E-state index contributed by atoms with van der Waals surface area (Å²) in [5.74, 6) is -1.02. The van der Waals surface area contributed by atoms with E-state index in [4.69, 9.17) is 5.73 Å². The Kier molecular flexibility index (Phi) is 4.57. The van der Waals surface area contributed by atoms with Gasteiger partial charge in [0, 0.05) is 31.2 Å². The van der Waals surface area contributed by atoms with Crippen molar-refractivity contribution in [1.29, 1.82) is 0 Å². The third-order valence-electron chi connectivity index (χ3n) is 3.79. The van der Waals surface area contributed by atoms with Gasteiger partial charge in [-0.3, -0.25) is 14.5 Å². The highest BCUT2D eigenvalue weighted by Gasteiger charge is 2.34. The lowest BCUT2D eigenvalue weighted by Crippen LogP contribution is -2.61. The van der Waals surface area contributed by atoms with Gasteiger partial charge in [-0.2, -0.15) is 0 Å². The summed E-state index contributed by atoms with van der Waals surface area (Å²) in [7, 11) is 0. The van der Waals surface area contributed by atoms with Gasteiger partial charge in [-0.05, 0) is 38.1 Å². The van der Waals surface area contributed by atoms with Crippen molar-refractivity contribution in [2.45, 2.75) is 25.9 Å². The van der Waals surface area contributed by atoms with Gasteiger partial charge in [0.25, 0.3) is 5.91 Å². The number of benzene rings is 1. The number of piperazine rings is 1. The third-order valence-corrected chi connectivity index (χ3v) is 3.79. The molecule has 1 aromatic rings. The summed E-state index contributed by atoms with van der Waals surface area (Å²) in [5.41, 5.74) is 5.86. The maximum Gasteiger partial charge on any atom is 0.253 e. The van der Waals surface area contributed by atoms with E-state index in [1.807, 2.05) is 18.7 Å². The molecular formula is C15H20FN3O2. The van der Waals surface area contributed by atoms with Crippen molar-refractivity contribution in [2.24, 2.45) is 5.73 Å². The molecule has 114 valence electrons. The van der Waals surface area contributed by atoms with E-state index in [-0.39, 0.29) is 24.3 Å². The molecule has 0 saturated carbocycles. The molecule has 1 aliphatic rings. The van der Waals surface area contributed by atoms with Crippen LogP contribution in [0.5, 0.6) is 0 Å². The predicted molar refractivity (Wildman–Crippen MR) is 77.1 cm³/mol. The van der Waals surface area contributed by atoms with Gasteiger partial charge >= 0.3 is 0 Å². The van der Waals surface area contributed by atoms with Gasteiger partial charge in [0.05, 0.1) is 0 Å². The zero-order chi connectivity index (χ0) is 15.6. The molecule has 21 heavy (non-hydrogen) atoms. The van der Waals surface area contributed by atoms with Crippen LogP contribution >= 0.6 is 0 Å². The van der Waals surface area contributed by atoms with Crippen LogP contribution in [-0.2, 0) is 4.79 Å². The molecule has 1 heterocycles. The fraction of sp³-hybridized carbons (Fsp3) is 0.467. The number of hydrogen-bond donors (Lipinski definition) is 1. The van der Waals surface area contributed by atoms with Crippen molar-refractivity contribution in [3.63, 3.8) is 0 Å². The van der Waals surface area contributed by atoms with Crippen molar-refractivity contribution >= 4 is 11.8 Å². The maximum atomic E-state index is 12.9. The van der Waals surface area contributed by atoms with Gasteiger partial charge in [-0.25, -0.2) is 4.39 Å². The lowest BCUT2D eigenvalue weighted by molar-refractivity contribution is -0.126. The van der Waals surface area contributed by atoms with Gasteiger partial charge in [0.15, 0.2) is 0 Å². The Labute approximate surface area is 123 Å². The highest BCUT2D eigenvalue weighted by molar-refractivity contribution is 5.94. The first-order chi connectivity index (χ1) is 9.90. The summed E-state index contributed by atoms with van der Waals surface area (Å²) in [6.45, 7) is 5.38. The van der Waals surface area contributed by atoms with E-state index in [9.17, 15) is 14.0 Å². The third kappa shape index (κ3) is 3.39. The van der Waals surface area contributed by atoms with Gasteiger partial charge in [0.2, 0.25) is 5.91 Å². The zero-order valence-electron chi connectivity index (χ0n) is 12.3. The molecule has 0 bridgehead atoms. The van der Waals surface area contributed by atoms with Crippen molar-refractivity contribution in [1.82, 2.24) is 9.80 Å². The fourth-order valence-electron chi connectivity index (χ4n) is 2.63. The molecule has 1 saturated heterocycles. The van der Waals surface area contributed by atoms with Gasteiger partial charge in [-0.1, -0.05) is 0 Å². The summed E-state index contributed by atoms with van der Waals surface area (Å²) in [4.78, 5) is 27.6. The second kappa shape index (κ2) is 6.22. The molecule has 1 aromatic carbocycles. The molecule has 5 nitrogen and oxygen atoms in total. The smallest absolute Gasteiger partial charge is 0.253 e. The van der Waals surface area contributed by atoms with Crippen molar-refractivity contribution < 1.29 is 14.0 Å². The Morgan fingerprint density at radius 2 is 1.86 bits per heavy atom. The van der Waals surface area contributed by atoms with E-state index in [1.165, 1.54) is 24.3 Å². The van der Waals surface area contributed by atoms with E-state index in [1.54, 1.807) is 4.90 Å². The summed E-state index contributed by atoms with van der Waals surface area (Å²) in [6.07, 6.45) is 0. The average Bonchev–Trinajstić information content (AvgIpc) is 2.46. The number of amides is 2. The molecule has 1 fully saturated rings. The van der Waals surface area contributed by atoms with Crippen LogP contribution in [0.25, 0.3) is 0 Å². The zero-order valence-corrected chi connectivity index (χ0v) is 12.3. The van der Waals surface area contributed by atoms with Crippen LogP contribution in [0, 0.1) is 5.82 Å². The molecule has 2 N–H and O–H groups in total. The maximum absolute atomic E-state index is 12.9. The number of nitrogens with zero attached hydrogens (tertiary/aromatic N) is 2. The summed E-state index contributed by atoms with van der Waals surface area (Å²) in [6, 6.07) is 5.11. The molecule has 0 aliphatic carbocycles. The highest BCUT2D eigenvalue weighted by Crippen LogP contribution is 2.16. The second-order valence-corrected chi connectivity index (χ2v) is 5.51. The van der Waals surface area contributed by atoms with Crippen LogP contribution in [0.2, 0.25) is 0 Å². The monoisotopic (exact) mass is 293 g/mol. The first-order valence-corrected chi connectivity index (χ1v) is 7.00. The number of rotatable bonds is 3. The molecule has 0 aromatic heterocycles. The van der Waals surface area contributed by atoms with Gasteiger partial charge in [0.1, 0.15) is 11.9 Å². The predicted octanol–water partition coefficient (Wildman–Crippen LogP) is 0.846. The van der Waals surface area contributed by atoms with Crippen LogP contribution in [0.3, 0.4) is 0 Å². The number of hydrogen-bond acceptors (Lipinski definition) is 3. The number of carbonyl (C=O) groups excluding carboxylic acids is 2. The number of primary amides is 1. The largest absolute Gasteiger partial charge is 0.368 e. The minimum absolute atomic E-state index is 0.186. The molecule has 2 amide bonds. The van der Waals surface area contributed by atoms with Gasteiger partial charge in [-0.15, -0.1) is 0 Å². The first kappa shape index (κ1) is 15.4. The van der Waals surface area contributed by atoms with Crippen LogP contribution in [0.15, 0.2) is 24.3 Å². The Hall–Kier alpha value is -1.95. The highest BCUT2D eigenvalue weighted by atomic mass is 19.1. The van der Waals surface area contributed by atoms with Crippen LogP contribution in [0.1, 0.15) is 24.2 Å². The van der Waals surface area contributed by atoms with E-state index in [0.29, 0.717) is 18.7 Å². The SMILES string of the molecule is CC(C)N1CCN(C(=O)c2ccc(F)cc2)CC1C(N)=O. The van der Waals surface area contributed by atoms with E-state index in [2.05, 4.69) is 0 Å². The van der Waals surface area contributed by atoms with Crippen LogP contribution in [0.4, 0.5) is 4.39 Å². The summed E-state index contributed by atoms with van der Waals surface area (Å²) in [5, 5.41) is 0. The topological polar surface area (TPSA) is 66.6 Å². The molecule has 1 atom stereocenters. The quantitative estimate of drug-likeness (QED) is 0.898. The molecule has 1 unspecified atom stereocenters. The van der Waals surface area contributed by atoms with E-state index < -0.39 is 11.9 Å². The summed E-state index contributed by atoms with van der Waals surface area (Å²) >= 11 is 0. The normalized spacial score (nSPS) is 19.8. The second-order valence-electron chi connectivity index (χ2n) is 5.51. The number of carbonyl (C=O) groups is 2. The van der Waals surface area contributed by atoms with Gasteiger partial charge < -0.3 is 10.6 Å². The summed E-state index contributed by atoms with van der Waals surface area (Å²) < 4.78 is 12.9. The standard InChI is InChI=1S/C15H20FN3O2/c1-10(2)19-8-7-18(9-13(19)14(17)20)15(21)11-3-5-12(16)6-4-11/h3-6,10,13H,7-9H2,1-2H3,(H2,17,20).